The molecular weight excluding hydrogens is 388 g/mol. The molecule has 1 unspecified atom stereocenters. The number of nitrogens with zero attached hydrogens (tertiary/aromatic N) is 3. The lowest BCUT2D eigenvalue weighted by Gasteiger charge is -2.26. The summed E-state index contributed by atoms with van der Waals surface area (Å²) >= 11 is 18.5. The Morgan fingerprint density at radius 2 is 1.68 bits per heavy atom. The van der Waals surface area contributed by atoms with Gasteiger partial charge in [0, 0.05) is 51.4 Å². The van der Waals surface area contributed by atoms with Crippen molar-refractivity contribution in [3.05, 3.63) is 51.5 Å². The Morgan fingerprint density at radius 3 is 2.32 bits per heavy atom. The molecule has 2 heterocycles. The van der Waals surface area contributed by atoms with E-state index in [1.165, 1.54) is 6.07 Å². The molecule has 3 rings (SSSR count). The molecule has 1 aromatic heterocycles. The van der Waals surface area contributed by atoms with Crippen LogP contribution in [-0.2, 0) is 4.74 Å². The minimum atomic E-state index is -0.430. The van der Waals surface area contributed by atoms with Crippen molar-refractivity contribution in [1.82, 2.24) is 4.98 Å². The third-order valence-electron chi connectivity index (χ3n) is 4.23. The second-order valence-electron chi connectivity index (χ2n) is 5.80. The Balaban J connectivity index is 1.87. The van der Waals surface area contributed by atoms with Crippen molar-refractivity contribution in [1.29, 1.82) is 0 Å². The number of benzene rings is 1. The third kappa shape index (κ3) is 4.11. The van der Waals surface area contributed by atoms with Gasteiger partial charge in [0.15, 0.2) is 0 Å². The lowest BCUT2D eigenvalue weighted by molar-refractivity contribution is 0.116. The van der Waals surface area contributed by atoms with Crippen molar-refractivity contribution in [2.75, 3.05) is 43.1 Å². The highest BCUT2D eigenvalue weighted by molar-refractivity contribution is 6.38. The van der Waals surface area contributed by atoms with Crippen LogP contribution in [0, 0.1) is 5.82 Å². The van der Waals surface area contributed by atoms with E-state index in [9.17, 15) is 4.39 Å². The van der Waals surface area contributed by atoms with E-state index in [1.54, 1.807) is 31.6 Å². The lowest BCUT2D eigenvalue weighted by atomic mass is 10.2. The quantitative estimate of drug-likeness (QED) is 0.752. The van der Waals surface area contributed by atoms with Crippen LogP contribution in [0.5, 0.6) is 0 Å². The number of pyridine rings is 1. The van der Waals surface area contributed by atoms with E-state index in [1.807, 2.05) is 0 Å². The number of hydrogen-bond donors (Lipinski definition) is 0. The average Bonchev–Trinajstić information content (AvgIpc) is 2.80. The zero-order chi connectivity index (χ0) is 18.0. The van der Waals surface area contributed by atoms with Crippen molar-refractivity contribution < 1.29 is 9.13 Å². The SMILES string of the molecule is COC1CN(c2ccc(F)c(Cl)c2)CCN(c2c(Cl)cncc2Cl)C1. The summed E-state index contributed by atoms with van der Waals surface area (Å²) in [6.07, 6.45) is 3.08. The molecule has 1 atom stereocenters. The van der Waals surface area contributed by atoms with Crippen LogP contribution in [0.25, 0.3) is 0 Å². The molecule has 1 saturated heterocycles. The molecule has 134 valence electrons. The van der Waals surface area contributed by atoms with Gasteiger partial charge in [0.1, 0.15) is 5.82 Å². The van der Waals surface area contributed by atoms with Crippen molar-refractivity contribution in [2.45, 2.75) is 6.10 Å². The van der Waals surface area contributed by atoms with E-state index >= 15 is 0 Å². The fraction of sp³-hybridized carbons (Fsp3) is 0.353. The van der Waals surface area contributed by atoms with E-state index in [0.717, 1.165) is 11.4 Å². The number of rotatable bonds is 3. The molecule has 0 N–H and O–H groups in total. The van der Waals surface area contributed by atoms with Crippen LogP contribution >= 0.6 is 34.8 Å². The molecule has 1 fully saturated rings. The molecule has 0 saturated carbocycles. The molecule has 0 amide bonds. The Labute approximate surface area is 161 Å². The predicted octanol–water partition coefficient (Wildman–Crippen LogP) is 4.52. The number of hydrogen-bond acceptors (Lipinski definition) is 4. The minimum absolute atomic E-state index is 0.0772. The third-order valence-corrected chi connectivity index (χ3v) is 5.08. The summed E-state index contributed by atoms with van der Waals surface area (Å²) in [6.45, 7) is 2.65. The second-order valence-corrected chi connectivity index (χ2v) is 7.02. The molecule has 1 aromatic carbocycles. The number of ether oxygens (including phenoxy) is 1. The topological polar surface area (TPSA) is 28.6 Å². The number of anilines is 2. The summed E-state index contributed by atoms with van der Waals surface area (Å²) in [5, 5.41) is 1.11. The molecule has 25 heavy (non-hydrogen) atoms. The van der Waals surface area contributed by atoms with Gasteiger partial charge in [0.05, 0.1) is 26.9 Å². The standard InChI is InChI=1S/C17H17Cl3FN3O/c1-25-12-9-23(11-2-3-16(21)13(18)6-11)4-5-24(10-12)17-14(19)7-22-8-15(17)20/h2-3,6-8,12H,4-5,9-10H2,1H3. The number of halogens is 4. The summed E-state index contributed by atoms with van der Waals surface area (Å²) < 4.78 is 19.1. The summed E-state index contributed by atoms with van der Waals surface area (Å²) in [5.74, 6) is -0.430. The molecule has 1 aliphatic heterocycles. The first-order chi connectivity index (χ1) is 12.0. The zero-order valence-electron chi connectivity index (χ0n) is 13.6. The monoisotopic (exact) mass is 403 g/mol. The maximum absolute atomic E-state index is 13.4. The molecule has 0 spiro atoms. The van der Waals surface area contributed by atoms with Crippen LogP contribution in [0.3, 0.4) is 0 Å². The molecule has 0 bridgehead atoms. The van der Waals surface area contributed by atoms with E-state index in [-0.39, 0.29) is 11.1 Å². The Morgan fingerprint density at radius 1 is 1.04 bits per heavy atom. The summed E-state index contributed by atoms with van der Waals surface area (Å²) in [5.41, 5.74) is 1.60. The van der Waals surface area contributed by atoms with Crippen LogP contribution < -0.4 is 9.80 Å². The normalized spacial score (nSPS) is 18.4. The smallest absolute Gasteiger partial charge is 0.141 e. The molecule has 2 aromatic rings. The Hall–Kier alpha value is -1.27. The number of aromatic nitrogens is 1. The first kappa shape index (κ1) is 18.5. The van der Waals surface area contributed by atoms with Gasteiger partial charge >= 0.3 is 0 Å². The first-order valence-electron chi connectivity index (χ1n) is 7.76. The average molecular weight is 405 g/mol. The summed E-state index contributed by atoms with van der Waals surface area (Å²) in [6, 6.07) is 4.72. The first-order valence-corrected chi connectivity index (χ1v) is 8.89. The van der Waals surface area contributed by atoms with Gasteiger partial charge in [-0.3, -0.25) is 4.98 Å². The fourth-order valence-electron chi connectivity index (χ4n) is 2.95. The van der Waals surface area contributed by atoms with E-state index < -0.39 is 5.82 Å². The molecule has 8 heteroatoms. The van der Waals surface area contributed by atoms with Gasteiger partial charge in [-0.05, 0) is 18.2 Å². The predicted molar refractivity (Wildman–Crippen MR) is 101 cm³/mol. The van der Waals surface area contributed by atoms with Gasteiger partial charge in [0.2, 0.25) is 0 Å². The Bertz CT molecular complexity index is 742. The summed E-state index contributed by atoms with van der Waals surface area (Å²) in [7, 11) is 1.67. The van der Waals surface area contributed by atoms with Gasteiger partial charge < -0.3 is 14.5 Å². The number of methoxy groups -OCH3 is 1. The fourth-order valence-corrected chi connectivity index (χ4v) is 3.73. The highest BCUT2D eigenvalue weighted by Crippen LogP contribution is 2.34. The minimum Gasteiger partial charge on any atom is -0.378 e. The van der Waals surface area contributed by atoms with Crippen LogP contribution in [0.2, 0.25) is 15.1 Å². The van der Waals surface area contributed by atoms with Gasteiger partial charge in [-0.25, -0.2) is 4.39 Å². The maximum Gasteiger partial charge on any atom is 0.141 e. The van der Waals surface area contributed by atoms with E-state index in [0.29, 0.717) is 36.2 Å². The summed E-state index contributed by atoms with van der Waals surface area (Å²) in [4.78, 5) is 8.20. The van der Waals surface area contributed by atoms with E-state index in [2.05, 4.69) is 14.8 Å². The van der Waals surface area contributed by atoms with Crippen LogP contribution in [0.1, 0.15) is 0 Å². The highest BCUT2D eigenvalue weighted by Gasteiger charge is 2.26. The van der Waals surface area contributed by atoms with Gasteiger partial charge in [-0.15, -0.1) is 0 Å². The van der Waals surface area contributed by atoms with Gasteiger partial charge in [0.25, 0.3) is 0 Å². The van der Waals surface area contributed by atoms with Crippen LogP contribution in [-0.4, -0.2) is 44.4 Å². The molecular formula is C17H17Cl3FN3O. The lowest BCUT2D eigenvalue weighted by Crippen LogP contribution is -2.35. The van der Waals surface area contributed by atoms with Crippen LogP contribution in [0.15, 0.2) is 30.6 Å². The van der Waals surface area contributed by atoms with E-state index in [4.69, 9.17) is 39.5 Å². The van der Waals surface area contributed by atoms with Crippen LogP contribution in [0.4, 0.5) is 15.8 Å². The maximum atomic E-state index is 13.4. The Kier molecular flexibility index (Phi) is 5.89. The molecule has 4 nitrogen and oxygen atoms in total. The molecule has 1 aliphatic rings. The molecule has 0 aliphatic carbocycles. The largest absolute Gasteiger partial charge is 0.378 e. The van der Waals surface area contributed by atoms with Crippen molar-refractivity contribution in [3.8, 4) is 0 Å². The van der Waals surface area contributed by atoms with Crippen molar-refractivity contribution in [2.24, 2.45) is 0 Å². The second kappa shape index (κ2) is 7.96. The molecule has 0 radical (unpaired) electrons. The highest BCUT2D eigenvalue weighted by atomic mass is 35.5. The van der Waals surface area contributed by atoms with Crippen molar-refractivity contribution >= 4 is 46.2 Å². The zero-order valence-corrected chi connectivity index (χ0v) is 15.8. The van der Waals surface area contributed by atoms with Gasteiger partial charge in [-0.2, -0.15) is 0 Å². The van der Waals surface area contributed by atoms with Gasteiger partial charge in [-0.1, -0.05) is 34.8 Å². The van der Waals surface area contributed by atoms with Crippen molar-refractivity contribution in [3.63, 3.8) is 0 Å².